The Morgan fingerprint density at radius 1 is 1.19 bits per heavy atom. The van der Waals surface area contributed by atoms with E-state index in [0.29, 0.717) is 11.8 Å². The van der Waals surface area contributed by atoms with Crippen molar-refractivity contribution in [1.82, 2.24) is 4.98 Å². The zero-order valence-corrected chi connectivity index (χ0v) is 11.9. The van der Waals surface area contributed by atoms with Gasteiger partial charge in [-0.25, -0.2) is 0 Å². The summed E-state index contributed by atoms with van der Waals surface area (Å²) in [5.74, 6) is 0.725. The van der Waals surface area contributed by atoms with Gasteiger partial charge in [-0.1, -0.05) is 26.0 Å². The van der Waals surface area contributed by atoms with Gasteiger partial charge in [0.05, 0.1) is 5.56 Å². The molecule has 110 valence electrons. The van der Waals surface area contributed by atoms with Gasteiger partial charge in [0.15, 0.2) is 0 Å². The maximum Gasteiger partial charge on any atom is 0.416 e. The van der Waals surface area contributed by atoms with Crippen LogP contribution in [0.4, 0.5) is 13.2 Å². The molecule has 0 amide bonds. The van der Waals surface area contributed by atoms with E-state index in [0.717, 1.165) is 34.6 Å². The molecule has 2 atom stereocenters. The second kappa shape index (κ2) is 3.73. The molecule has 0 fully saturated rings. The van der Waals surface area contributed by atoms with E-state index in [1.165, 1.54) is 6.07 Å². The van der Waals surface area contributed by atoms with Crippen molar-refractivity contribution in [3.63, 3.8) is 0 Å². The van der Waals surface area contributed by atoms with E-state index in [9.17, 15) is 13.2 Å². The number of allylic oxidation sites excluding steroid dienone is 2. The molecular weight excluding hydrogens is 275 g/mol. The molecule has 4 heteroatoms. The standard InChI is InChI=1S/C17H16F3N/c1-16(2)10-4-3-9(7-10)15-14(16)12-8-11(17(18,19)20)5-6-13(12)21-15/h3-6,8-10,21H,7H2,1-2H3. The van der Waals surface area contributed by atoms with Gasteiger partial charge >= 0.3 is 6.18 Å². The van der Waals surface area contributed by atoms with Crippen molar-refractivity contribution in [1.29, 1.82) is 0 Å². The summed E-state index contributed by atoms with van der Waals surface area (Å²) in [6.45, 7) is 4.27. The summed E-state index contributed by atoms with van der Waals surface area (Å²) < 4.78 is 39.0. The number of alkyl halides is 3. The van der Waals surface area contributed by atoms with Crippen LogP contribution in [0.3, 0.4) is 0 Å². The second-order valence-corrected chi connectivity index (χ2v) is 6.73. The minimum absolute atomic E-state index is 0.138. The Labute approximate surface area is 120 Å². The number of nitrogens with one attached hydrogen (secondary N) is 1. The Bertz CT molecular complexity index is 764. The first-order valence-electron chi connectivity index (χ1n) is 7.20. The predicted octanol–water partition coefficient (Wildman–Crippen LogP) is 5.14. The number of aromatic amines is 1. The summed E-state index contributed by atoms with van der Waals surface area (Å²) in [5, 5.41) is 0.725. The first-order valence-corrected chi connectivity index (χ1v) is 7.20. The van der Waals surface area contributed by atoms with Crippen molar-refractivity contribution < 1.29 is 13.2 Å². The van der Waals surface area contributed by atoms with Gasteiger partial charge in [0.1, 0.15) is 0 Å². The summed E-state index contributed by atoms with van der Waals surface area (Å²) in [6, 6.07) is 4.02. The number of aromatic nitrogens is 1. The summed E-state index contributed by atoms with van der Waals surface area (Å²) in [4.78, 5) is 3.36. The van der Waals surface area contributed by atoms with E-state index in [1.54, 1.807) is 6.07 Å². The van der Waals surface area contributed by atoms with E-state index >= 15 is 0 Å². The average molecular weight is 291 g/mol. The largest absolute Gasteiger partial charge is 0.416 e. The summed E-state index contributed by atoms with van der Waals surface area (Å²) in [6.07, 6.45) is 1.17. The first-order chi connectivity index (χ1) is 9.78. The van der Waals surface area contributed by atoms with Crippen molar-refractivity contribution in [3.8, 4) is 0 Å². The van der Waals surface area contributed by atoms with E-state index in [4.69, 9.17) is 0 Å². The molecule has 2 unspecified atom stereocenters. The van der Waals surface area contributed by atoms with Crippen LogP contribution < -0.4 is 0 Å². The van der Waals surface area contributed by atoms with Crippen LogP contribution in [0, 0.1) is 5.92 Å². The van der Waals surface area contributed by atoms with E-state index < -0.39 is 11.7 Å². The molecule has 2 aliphatic rings. The van der Waals surface area contributed by atoms with Gasteiger partial charge in [-0.3, -0.25) is 0 Å². The molecule has 0 aliphatic heterocycles. The number of benzene rings is 1. The third-order valence-electron chi connectivity index (χ3n) is 5.18. The van der Waals surface area contributed by atoms with Crippen LogP contribution in [-0.2, 0) is 11.6 Å². The lowest BCUT2D eigenvalue weighted by Gasteiger charge is -2.37. The van der Waals surface area contributed by atoms with Gasteiger partial charge in [-0.15, -0.1) is 0 Å². The molecule has 0 spiro atoms. The molecule has 1 aromatic carbocycles. The van der Waals surface area contributed by atoms with Gasteiger partial charge in [-0.2, -0.15) is 13.2 Å². The van der Waals surface area contributed by atoms with Crippen molar-refractivity contribution in [2.45, 2.75) is 37.8 Å². The van der Waals surface area contributed by atoms with Crippen molar-refractivity contribution in [2.75, 3.05) is 0 Å². The van der Waals surface area contributed by atoms with Crippen LogP contribution in [0.2, 0.25) is 0 Å². The zero-order valence-electron chi connectivity index (χ0n) is 11.9. The minimum Gasteiger partial charge on any atom is -0.358 e. The maximum atomic E-state index is 13.0. The third kappa shape index (κ3) is 1.65. The fourth-order valence-corrected chi connectivity index (χ4v) is 3.99. The Kier molecular flexibility index (Phi) is 2.31. The third-order valence-corrected chi connectivity index (χ3v) is 5.18. The van der Waals surface area contributed by atoms with E-state index in [-0.39, 0.29) is 5.41 Å². The number of halogens is 3. The number of fused-ring (bicyclic) bond motifs is 6. The van der Waals surface area contributed by atoms with Gasteiger partial charge in [0.25, 0.3) is 0 Å². The number of hydrogen-bond acceptors (Lipinski definition) is 0. The molecule has 1 heterocycles. The monoisotopic (exact) mass is 291 g/mol. The summed E-state index contributed by atoms with van der Waals surface area (Å²) >= 11 is 0. The van der Waals surface area contributed by atoms with E-state index in [2.05, 4.69) is 31.0 Å². The molecule has 2 aromatic rings. The molecule has 1 N–H and O–H groups in total. The number of H-pyrrole nitrogens is 1. The molecule has 0 saturated carbocycles. The predicted molar refractivity (Wildman–Crippen MR) is 76.3 cm³/mol. The van der Waals surface area contributed by atoms with Gasteiger partial charge < -0.3 is 4.98 Å². The Hall–Kier alpha value is -1.71. The van der Waals surface area contributed by atoms with Crippen molar-refractivity contribution in [3.05, 3.63) is 47.2 Å². The maximum absolute atomic E-state index is 13.0. The quantitative estimate of drug-likeness (QED) is 0.647. The molecular formula is C17H16F3N. The number of rotatable bonds is 0. The molecule has 1 aromatic heterocycles. The fraction of sp³-hybridized carbons (Fsp3) is 0.412. The summed E-state index contributed by atoms with van der Waals surface area (Å²) in [5.41, 5.74) is 2.26. The van der Waals surface area contributed by atoms with Crippen LogP contribution >= 0.6 is 0 Å². The minimum atomic E-state index is -4.30. The smallest absolute Gasteiger partial charge is 0.358 e. The fourth-order valence-electron chi connectivity index (χ4n) is 3.99. The van der Waals surface area contributed by atoms with Crippen LogP contribution in [-0.4, -0.2) is 4.98 Å². The van der Waals surface area contributed by atoms with Crippen molar-refractivity contribution >= 4 is 10.9 Å². The highest BCUT2D eigenvalue weighted by atomic mass is 19.4. The Balaban J connectivity index is 2.02. The Morgan fingerprint density at radius 2 is 1.95 bits per heavy atom. The Morgan fingerprint density at radius 3 is 2.67 bits per heavy atom. The second-order valence-electron chi connectivity index (χ2n) is 6.73. The lowest BCUT2D eigenvalue weighted by Crippen LogP contribution is -2.31. The van der Waals surface area contributed by atoms with E-state index in [1.807, 2.05) is 0 Å². The van der Waals surface area contributed by atoms with Crippen LogP contribution in [0.1, 0.15) is 43.0 Å². The highest BCUT2D eigenvalue weighted by Gasteiger charge is 2.44. The van der Waals surface area contributed by atoms with Crippen molar-refractivity contribution in [2.24, 2.45) is 5.92 Å². The first kappa shape index (κ1) is 13.0. The SMILES string of the molecule is CC1(C)c2c([nH]c3ccc(C(F)(F)F)cc23)C2C=CC1C2. The van der Waals surface area contributed by atoms with Gasteiger partial charge in [-0.05, 0) is 41.5 Å². The lowest BCUT2D eigenvalue weighted by molar-refractivity contribution is -0.137. The topological polar surface area (TPSA) is 15.8 Å². The zero-order chi connectivity index (χ0) is 15.0. The van der Waals surface area contributed by atoms with Gasteiger partial charge in [0, 0.05) is 22.5 Å². The molecule has 2 aliphatic carbocycles. The highest BCUT2D eigenvalue weighted by Crippen LogP contribution is 2.53. The van der Waals surface area contributed by atoms with Crippen LogP contribution in [0.15, 0.2) is 30.4 Å². The highest BCUT2D eigenvalue weighted by molar-refractivity contribution is 5.87. The lowest BCUT2D eigenvalue weighted by atomic mass is 9.67. The molecule has 21 heavy (non-hydrogen) atoms. The molecule has 0 saturated heterocycles. The normalized spacial score (nSPS) is 26.3. The van der Waals surface area contributed by atoms with Crippen LogP contribution in [0.25, 0.3) is 10.9 Å². The molecule has 1 nitrogen and oxygen atoms in total. The summed E-state index contributed by atoms with van der Waals surface area (Å²) in [7, 11) is 0. The molecule has 4 rings (SSSR count). The van der Waals surface area contributed by atoms with Gasteiger partial charge in [0.2, 0.25) is 0 Å². The van der Waals surface area contributed by atoms with Crippen LogP contribution in [0.5, 0.6) is 0 Å². The number of hydrogen-bond donors (Lipinski definition) is 1. The average Bonchev–Trinajstić information content (AvgIpc) is 2.99. The molecule has 2 bridgehead atoms. The molecule has 0 radical (unpaired) electrons.